The van der Waals surface area contributed by atoms with Crippen molar-refractivity contribution >= 4 is 11.6 Å². The molecule has 0 saturated heterocycles. The topological polar surface area (TPSA) is 109 Å². The Bertz CT molecular complexity index is 823. The van der Waals surface area contributed by atoms with Crippen molar-refractivity contribution in [1.82, 2.24) is 5.32 Å². The van der Waals surface area contributed by atoms with Gasteiger partial charge in [-0.15, -0.1) is 0 Å². The lowest BCUT2D eigenvalue weighted by Crippen LogP contribution is -2.28. The Labute approximate surface area is 155 Å². The number of nitro benzene ring substituents is 1. The molecule has 1 amide bonds. The molecule has 0 fully saturated rings. The predicted molar refractivity (Wildman–Crippen MR) is 96.5 cm³/mol. The van der Waals surface area contributed by atoms with Crippen LogP contribution in [0.4, 0.5) is 5.69 Å². The smallest absolute Gasteiger partial charge is 0.273 e. The summed E-state index contributed by atoms with van der Waals surface area (Å²) in [6, 6.07) is 9.00. The third-order valence-corrected chi connectivity index (χ3v) is 3.66. The molecule has 0 bridgehead atoms. The molecule has 0 spiro atoms. The Balaban J connectivity index is 1.97. The number of nitrogens with one attached hydrogen (secondary N) is 1. The van der Waals surface area contributed by atoms with Gasteiger partial charge < -0.3 is 24.3 Å². The molecule has 2 rings (SSSR count). The molecule has 0 unspecified atom stereocenters. The molecule has 0 aliphatic carbocycles. The fourth-order valence-corrected chi connectivity index (χ4v) is 2.31. The van der Waals surface area contributed by atoms with E-state index in [4.69, 9.17) is 18.9 Å². The van der Waals surface area contributed by atoms with Crippen molar-refractivity contribution in [2.75, 3.05) is 27.9 Å². The number of nitro groups is 1. The first kappa shape index (κ1) is 19.8. The van der Waals surface area contributed by atoms with Gasteiger partial charge in [-0.25, -0.2) is 0 Å². The zero-order valence-electron chi connectivity index (χ0n) is 15.2. The van der Waals surface area contributed by atoms with Crippen LogP contribution in [0, 0.1) is 10.1 Å². The van der Waals surface area contributed by atoms with Gasteiger partial charge in [-0.3, -0.25) is 14.9 Å². The van der Waals surface area contributed by atoms with Crippen LogP contribution in [-0.4, -0.2) is 38.8 Å². The fourth-order valence-electron chi connectivity index (χ4n) is 2.31. The molecule has 0 aliphatic heterocycles. The molecule has 0 heterocycles. The van der Waals surface area contributed by atoms with E-state index in [1.165, 1.54) is 45.6 Å². The Morgan fingerprint density at radius 3 is 2.33 bits per heavy atom. The average Bonchev–Trinajstić information content (AvgIpc) is 2.70. The van der Waals surface area contributed by atoms with Crippen molar-refractivity contribution in [1.29, 1.82) is 0 Å². The van der Waals surface area contributed by atoms with Gasteiger partial charge in [0.05, 0.1) is 32.3 Å². The number of hydrogen-bond acceptors (Lipinski definition) is 7. The molecule has 1 N–H and O–H groups in total. The summed E-state index contributed by atoms with van der Waals surface area (Å²) in [4.78, 5) is 22.2. The third-order valence-electron chi connectivity index (χ3n) is 3.66. The van der Waals surface area contributed by atoms with Gasteiger partial charge in [-0.2, -0.15) is 0 Å². The van der Waals surface area contributed by atoms with Gasteiger partial charge in [-0.1, -0.05) is 6.07 Å². The third kappa shape index (κ3) is 5.24. The second kappa shape index (κ2) is 9.27. The van der Waals surface area contributed by atoms with Gasteiger partial charge >= 0.3 is 0 Å². The number of non-ortho nitro benzene ring substituents is 1. The first-order chi connectivity index (χ1) is 13.0. The standard InChI is InChI=1S/C18H20N2O7/c1-24-15-9-17(26-3)16(25-2)7-12(15)10-19-18(21)11-27-14-6-4-5-13(8-14)20(22)23/h4-9H,10-11H2,1-3H3,(H,19,21). The summed E-state index contributed by atoms with van der Waals surface area (Å²) in [6.07, 6.45) is 0. The Hall–Kier alpha value is -3.49. The van der Waals surface area contributed by atoms with Crippen LogP contribution in [0.5, 0.6) is 23.0 Å². The minimum absolute atomic E-state index is 0.108. The van der Waals surface area contributed by atoms with Crippen LogP contribution in [0.2, 0.25) is 0 Å². The summed E-state index contributed by atoms with van der Waals surface area (Å²) in [5.74, 6) is 1.41. The molecular formula is C18H20N2O7. The maximum atomic E-state index is 12.0. The Morgan fingerprint density at radius 1 is 1.04 bits per heavy atom. The quantitative estimate of drug-likeness (QED) is 0.528. The van der Waals surface area contributed by atoms with Gasteiger partial charge in [0, 0.05) is 24.2 Å². The van der Waals surface area contributed by atoms with Gasteiger partial charge in [0.1, 0.15) is 11.5 Å². The van der Waals surface area contributed by atoms with E-state index in [0.717, 1.165) is 0 Å². The van der Waals surface area contributed by atoms with Crippen molar-refractivity contribution in [3.05, 3.63) is 52.1 Å². The van der Waals surface area contributed by atoms with Gasteiger partial charge in [0.2, 0.25) is 0 Å². The van der Waals surface area contributed by atoms with Crippen molar-refractivity contribution < 1.29 is 28.7 Å². The summed E-state index contributed by atoms with van der Waals surface area (Å²) in [6.45, 7) is -0.0998. The Morgan fingerprint density at radius 2 is 1.70 bits per heavy atom. The molecule has 9 nitrogen and oxygen atoms in total. The highest BCUT2D eigenvalue weighted by atomic mass is 16.6. The number of benzene rings is 2. The van der Waals surface area contributed by atoms with Crippen LogP contribution < -0.4 is 24.3 Å². The van der Waals surface area contributed by atoms with E-state index in [1.54, 1.807) is 12.1 Å². The number of amides is 1. The van der Waals surface area contributed by atoms with Crippen LogP contribution >= 0.6 is 0 Å². The summed E-state index contributed by atoms with van der Waals surface area (Å²) >= 11 is 0. The van der Waals surface area contributed by atoms with E-state index in [0.29, 0.717) is 22.8 Å². The molecule has 0 aromatic heterocycles. The number of rotatable bonds is 9. The summed E-state index contributed by atoms with van der Waals surface area (Å²) in [5.41, 5.74) is 0.585. The van der Waals surface area contributed by atoms with Crippen LogP contribution in [0.25, 0.3) is 0 Å². The minimum atomic E-state index is -0.531. The van der Waals surface area contributed by atoms with E-state index in [2.05, 4.69) is 5.32 Å². The van der Waals surface area contributed by atoms with Crippen molar-refractivity contribution in [3.63, 3.8) is 0 Å². The lowest BCUT2D eigenvalue weighted by molar-refractivity contribution is -0.384. The normalized spacial score (nSPS) is 10.0. The van der Waals surface area contributed by atoms with Crippen molar-refractivity contribution in [2.24, 2.45) is 0 Å². The molecule has 0 saturated carbocycles. The predicted octanol–water partition coefficient (Wildman–Crippen LogP) is 2.32. The summed E-state index contributed by atoms with van der Waals surface area (Å²) < 4.78 is 21.1. The van der Waals surface area contributed by atoms with Crippen LogP contribution in [0.3, 0.4) is 0 Å². The number of carbonyl (C=O) groups is 1. The molecule has 9 heteroatoms. The van der Waals surface area contributed by atoms with E-state index in [-0.39, 0.29) is 24.6 Å². The molecule has 0 radical (unpaired) electrons. The second-order valence-electron chi connectivity index (χ2n) is 5.34. The lowest BCUT2D eigenvalue weighted by Gasteiger charge is -2.14. The van der Waals surface area contributed by atoms with Crippen molar-refractivity contribution in [3.8, 4) is 23.0 Å². The molecule has 144 valence electrons. The highest BCUT2D eigenvalue weighted by Crippen LogP contribution is 2.34. The average molecular weight is 376 g/mol. The second-order valence-corrected chi connectivity index (χ2v) is 5.34. The van der Waals surface area contributed by atoms with Crippen LogP contribution in [0.1, 0.15) is 5.56 Å². The van der Waals surface area contributed by atoms with E-state index < -0.39 is 10.8 Å². The van der Waals surface area contributed by atoms with E-state index in [1.807, 2.05) is 0 Å². The molecule has 0 atom stereocenters. The van der Waals surface area contributed by atoms with Crippen LogP contribution in [0.15, 0.2) is 36.4 Å². The van der Waals surface area contributed by atoms with Gasteiger partial charge in [-0.05, 0) is 12.1 Å². The Kier molecular flexibility index (Phi) is 6.81. The maximum Gasteiger partial charge on any atom is 0.273 e. The number of nitrogens with zero attached hydrogens (tertiary/aromatic N) is 1. The summed E-state index contributed by atoms with van der Waals surface area (Å²) in [5, 5.41) is 13.4. The highest BCUT2D eigenvalue weighted by molar-refractivity contribution is 5.77. The van der Waals surface area contributed by atoms with E-state index >= 15 is 0 Å². The monoisotopic (exact) mass is 376 g/mol. The number of hydrogen-bond donors (Lipinski definition) is 1. The summed E-state index contributed by atoms with van der Waals surface area (Å²) in [7, 11) is 4.54. The zero-order chi connectivity index (χ0) is 19.8. The van der Waals surface area contributed by atoms with Gasteiger partial charge in [0.25, 0.3) is 11.6 Å². The van der Waals surface area contributed by atoms with Gasteiger partial charge in [0.15, 0.2) is 18.1 Å². The number of ether oxygens (including phenoxy) is 4. The SMILES string of the molecule is COc1cc(OC)c(OC)cc1CNC(=O)COc1cccc([N+](=O)[O-])c1. The fraction of sp³-hybridized carbons (Fsp3) is 0.278. The molecular weight excluding hydrogens is 356 g/mol. The first-order valence-electron chi connectivity index (χ1n) is 7.91. The van der Waals surface area contributed by atoms with Crippen molar-refractivity contribution in [2.45, 2.75) is 6.54 Å². The maximum absolute atomic E-state index is 12.0. The molecule has 2 aromatic rings. The highest BCUT2D eigenvalue weighted by Gasteiger charge is 2.13. The zero-order valence-corrected chi connectivity index (χ0v) is 15.2. The minimum Gasteiger partial charge on any atom is -0.496 e. The number of methoxy groups -OCH3 is 3. The van der Waals surface area contributed by atoms with E-state index in [9.17, 15) is 14.9 Å². The molecule has 0 aliphatic rings. The number of carbonyl (C=O) groups excluding carboxylic acids is 1. The first-order valence-corrected chi connectivity index (χ1v) is 7.91. The largest absolute Gasteiger partial charge is 0.496 e. The molecule has 2 aromatic carbocycles. The lowest BCUT2D eigenvalue weighted by atomic mass is 10.1. The van der Waals surface area contributed by atoms with Crippen LogP contribution in [-0.2, 0) is 11.3 Å². The molecule has 27 heavy (non-hydrogen) atoms.